The van der Waals surface area contributed by atoms with Crippen LogP contribution in [0.2, 0.25) is 5.02 Å². The Morgan fingerprint density at radius 1 is 1.19 bits per heavy atom. The summed E-state index contributed by atoms with van der Waals surface area (Å²) in [6, 6.07) is 10.1. The summed E-state index contributed by atoms with van der Waals surface area (Å²) in [5.74, 6) is 0.606. The van der Waals surface area contributed by atoms with Gasteiger partial charge in [0.1, 0.15) is 0 Å². The molecule has 1 nitrogen and oxygen atoms in total. The number of rotatable bonds is 2. The summed E-state index contributed by atoms with van der Waals surface area (Å²) in [6.45, 7) is 0. The number of hydrogen-bond acceptors (Lipinski definition) is 1. The van der Waals surface area contributed by atoms with Gasteiger partial charge in [-0.2, -0.15) is 0 Å². The molecule has 1 aliphatic carbocycles. The molecule has 1 aromatic heterocycles. The molecule has 1 fully saturated rings. The van der Waals surface area contributed by atoms with E-state index in [1.807, 2.05) is 36.7 Å². The standard InChI is InChI=1S/C14H11ClN/c15-14-4-2-1-3-13(14)12-7-11(8-16-9-12)10-5-6-10/h1-5,7-10H,6H2. The van der Waals surface area contributed by atoms with Crippen molar-refractivity contribution >= 4 is 11.6 Å². The van der Waals surface area contributed by atoms with Crippen LogP contribution in [0.3, 0.4) is 0 Å². The molecule has 1 aromatic carbocycles. The van der Waals surface area contributed by atoms with E-state index in [9.17, 15) is 0 Å². The predicted octanol–water partition coefficient (Wildman–Crippen LogP) is 4.09. The van der Waals surface area contributed by atoms with Crippen LogP contribution >= 0.6 is 11.6 Å². The average Bonchev–Trinajstić information content (AvgIpc) is 3.14. The molecule has 1 aliphatic rings. The van der Waals surface area contributed by atoms with Crippen LogP contribution in [0, 0.1) is 6.42 Å². The van der Waals surface area contributed by atoms with Crippen molar-refractivity contribution in [2.75, 3.05) is 0 Å². The van der Waals surface area contributed by atoms with Gasteiger partial charge < -0.3 is 0 Å². The molecular weight excluding hydrogens is 218 g/mol. The van der Waals surface area contributed by atoms with Crippen molar-refractivity contribution in [3.8, 4) is 11.1 Å². The fourth-order valence-corrected chi connectivity index (χ4v) is 2.09. The minimum Gasteiger partial charge on any atom is -0.264 e. The van der Waals surface area contributed by atoms with Crippen molar-refractivity contribution < 1.29 is 0 Å². The normalized spacial score (nSPS) is 15.1. The van der Waals surface area contributed by atoms with Gasteiger partial charge in [0.15, 0.2) is 0 Å². The highest BCUT2D eigenvalue weighted by molar-refractivity contribution is 6.33. The first-order valence-electron chi connectivity index (χ1n) is 5.38. The number of aromatic nitrogens is 1. The Balaban J connectivity index is 2.05. The summed E-state index contributed by atoms with van der Waals surface area (Å²) < 4.78 is 0. The van der Waals surface area contributed by atoms with Crippen LogP contribution in [-0.2, 0) is 0 Å². The minimum atomic E-state index is 0.606. The molecule has 0 amide bonds. The van der Waals surface area contributed by atoms with E-state index in [0.717, 1.165) is 16.1 Å². The van der Waals surface area contributed by atoms with Crippen molar-refractivity contribution in [3.05, 3.63) is 59.7 Å². The molecule has 16 heavy (non-hydrogen) atoms. The van der Waals surface area contributed by atoms with Crippen LogP contribution in [0.15, 0.2) is 42.7 Å². The van der Waals surface area contributed by atoms with Crippen molar-refractivity contribution in [2.45, 2.75) is 12.3 Å². The molecule has 1 heterocycles. The Labute approximate surface area is 100 Å². The van der Waals surface area contributed by atoms with Gasteiger partial charge in [0.25, 0.3) is 0 Å². The van der Waals surface area contributed by atoms with Crippen LogP contribution in [0.4, 0.5) is 0 Å². The Bertz CT molecular complexity index is 518. The molecule has 3 rings (SSSR count). The molecule has 1 unspecified atom stereocenters. The lowest BCUT2D eigenvalue weighted by Gasteiger charge is -2.05. The van der Waals surface area contributed by atoms with E-state index >= 15 is 0 Å². The van der Waals surface area contributed by atoms with E-state index in [1.165, 1.54) is 12.0 Å². The van der Waals surface area contributed by atoms with E-state index in [4.69, 9.17) is 11.6 Å². The summed E-state index contributed by atoms with van der Waals surface area (Å²) in [6.07, 6.45) is 7.27. The molecule has 1 atom stereocenters. The zero-order valence-corrected chi connectivity index (χ0v) is 9.48. The number of hydrogen-bond donors (Lipinski definition) is 0. The van der Waals surface area contributed by atoms with Gasteiger partial charge in [-0.25, -0.2) is 0 Å². The van der Waals surface area contributed by atoms with Gasteiger partial charge in [0.05, 0.1) is 0 Å². The van der Waals surface area contributed by atoms with E-state index < -0.39 is 0 Å². The van der Waals surface area contributed by atoms with Crippen LogP contribution in [0.5, 0.6) is 0 Å². The molecule has 0 bridgehead atoms. The summed E-state index contributed by atoms with van der Waals surface area (Å²) >= 11 is 6.17. The first kappa shape index (κ1) is 9.86. The second kappa shape index (κ2) is 3.91. The van der Waals surface area contributed by atoms with Crippen molar-refractivity contribution in [3.63, 3.8) is 0 Å². The van der Waals surface area contributed by atoms with Gasteiger partial charge in [-0.3, -0.25) is 4.98 Å². The summed E-state index contributed by atoms with van der Waals surface area (Å²) in [7, 11) is 0. The zero-order chi connectivity index (χ0) is 11.0. The third-order valence-corrected chi connectivity index (χ3v) is 3.17. The van der Waals surface area contributed by atoms with E-state index in [0.29, 0.717) is 5.92 Å². The fraction of sp³-hybridized carbons (Fsp3) is 0.143. The average molecular weight is 229 g/mol. The maximum atomic E-state index is 6.17. The highest BCUT2D eigenvalue weighted by atomic mass is 35.5. The molecule has 0 aliphatic heterocycles. The summed E-state index contributed by atoms with van der Waals surface area (Å²) in [4.78, 5) is 4.28. The Morgan fingerprint density at radius 3 is 2.75 bits per heavy atom. The number of halogens is 1. The fourth-order valence-electron chi connectivity index (χ4n) is 1.84. The number of nitrogens with zero attached hydrogens (tertiary/aromatic N) is 1. The largest absolute Gasteiger partial charge is 0.264 e. The lowest BCUT2D eigenvalue weighted by Crippen LogP contribution is -1.86. The maximum absolute atomic E-state index is 6.17. The van der Waals surface area contributed by atoms with Gasteiger partial charge in [0.2, 0.25) is 0 Å². The highest BCUT2D eigenvalue weighted by Gasteiger charge is 2.24. The Kier molecular flexibility index (Phi) is 2.41. The molecule has 1 radical (unpaired) electrons. The SMILES string of the molecule is Clc1ccccc1-c1cncc(C2[CH]C2)c1. The maximum Gasteiger partial charge on any atom is 0.0484 e. The van der Waals surface area contributed by atoms with Gasteiger partial charge >= 0.3 is 0 Å². The van der Waals surface area contributed by atoms with Crippen molar-refractivity contribution in [1.29, 1.82) is 0 Å². The third-order valence-electron chi connectivity index (χ3n) is 2.84. The molecule has 1 saturated carbocycles. The van der Waals surface area contributed by atoms with E-state index in [2.05, 4.69) is 17.5 Å². The van der Waals surface area contributed by atoms with Crippen LogP contribution < -0.4 is 0 Å². The molecule has 0 saturated heterocycles. The number of benzene rings is 1. The zero-order valence-electron chi connectivity index (χ0n) is 8.73. The molecule has 2 heteroatoms. The molecular formula is C14H11ClN. The predicted molar refractivity (Wildman–Crippen MR) is 66.3 cm³/mol. The Hall–Kier alpha value is -1.34. The second-order valence-electron chi connectivity index (χ2n) is 4.06. The number of pyridine rings is 1. The lowest BCUT2D eigenvalue weighted by atomic mass is 10.0. The van der Waals surface area contributed by atoms with Gasteiger partial charge in [-0.1, -0.05) is 29.8 Å². The topological polar surface area (TPSA) is 12.9 Å². The first-order chi connectivity index (χ1) is 7.84. The smallest absolute Gasteiger partial charge is 0.0484 e. The summed E-state index contributed by atoms with van der Waals surface area (Å²) in [5, 5.41) is 0.779. The van der Waals surface area contributed by atoms with Crippen molar-refractivity contribution in [1.82, 2.24) is 4.98 Å². The molecule has 0 N–H and O–H groups in total. The molecule has 2 aromatic rings. The third kappa shape index (κ3) is 1.83. The van der Waals surface area contributed by atoms with Crippen LogP contribution in [0.1, 0.15) is 17.9 Å². The highest BCUT2D eigenvalue weighted by Crippen LogP contribution is 2.40. The van der Waals surface area contributed by atoms with E-state index in [-0.39, 0.29) is 0 Å². The lowest BCUT2D eigenvalue weighted by molar-refractivity contribution is 1.12. The van der Waals surface area contributed by atoms with Gasteiger partial charge in [0, 0.05) is 28.5 Å². The van der Waals surface area contributed by atoms with Crippen molar-refractivity contribution in [2.24, 2.45) is 0 Å². The first-order valence-corrected chi connectivity index (χ1v) is 5.75. The monoisotopic (exact) mass is 228 g/mol. The van der Waals surface area contributed by atoms with E-state index in [1.54, 1.807) is 0 Å². The van der Waals surface area contributed by atoms with Gasteiger partial charge in [-0.05, 0) is 36.5 Å². The van der Waals surface area contributed by atoms with Crippen LogP contribution in [-0.4, -0.2) is 4.98 Å². The van der Waals surface area contributed by atoms with Gasteiger partial charge in [-0.15, -0.1) is 0 Å². The molecule has 0 spiro atoms. The quantitative estimate of drug-likeness (QED) is 0.754. The second-order valence-corrected chi connectivity index (χ2v) is 4.47. The summed E-state index contributed by atoms with van der Waals surface area (Å²) in [5.41, 5.74) is 3.44. The minimum absolute atomic E-state index is 0.606. The van der Waals surface area contributed by atoms with Crippen LogP contribution in [0.25, 0.3) is 11.1 Å². The molecule has 79 valence electrons. The Morgan fingerprint density at radius 2 is 2.00 bits per heavy atom.